The van der Waals surface area contributed by atoms with Crippen LogP contribution >= 0.6 is 0 Å². The number of rotatable bonds is 8. The van der Waals surface area contributed by atoms with Crippen LogP contribution in [0.25, 0.3) is 0 Å². The number of hydrogen-bond donors (Lipinski definition) is 3. The highest BCUT2D eigenvalue weighted by Crippen LogP contribution is 2.41. The number of aliphatic hydroxyl groups is 1. The highest BCUT2D eigenvalue weighted by Gasteiger charge is 2.36. The molecule has 0 spiro atoms. The Balaban J connectivity index is 1.67. The lowest BCUT2D eigenvalue weighted by Gasteiger charge is -2.31. The molecular formula is C23H25FN6O6. The molecule has 0 radical (unpaired) electrons. The third-order valence-electron chi connectivity index (χ3n) is 5.31. The van der Waals surface area contributed by atoms with Crippen molar-refractivity contribution in [2.75, 3.05) is 43.6 Å². The van der Waals surface area contributed by atoms with Gasteiger partial charge in [0, 0.05) is 17.8 Å². The minimum atomic E-state index is -1.07. The smallest absolute Gasteiger partial charge is 0.269 e. The monoisotopic (exact) mass is 500 g/mol. The van der Waals surface area contributed by atoms with Crippen molar-refractivity contribution in [1.82, 2.24) is 15.0 Å². The number of fused-ring (bicyclic) bond motifs is 1. The fourth-order valence-electron chi connectivity index (χ4n) is 3.48. The molecule has 0 saturated heterocycles. The molecule has 0 aliphatic carbocycles. The summed E-state index contributed by atoms with van der Waals surface area (Å²) in [7, 11) is 4.44. The fourth-order valence-corrected chi connectivity index (χ4v) is 3.48. The second-order valence-electron chi connectivity index (χ2n) is 8.06. The van der Waals surface area contributed by atoms with Crippen molar-refractivity contribution in [3.05, 3.63) is 36.3 Å². The quantitative estimate of drug-likeness (QED) is 0.393. The first-order valence-corrected chi connectivity index (χ1v) is 10.7. The van der Waals surface area contributed by atoms with Crippen LogP contribution in [0.2, 0.25) is 0 Å². The Bertz CT molecular complexity index is 1280. The van der Waals surface area contributed by atoms with E-state index >= 15 is 0 Å². The first kappa shape index (κ1) is 24.7. The van der Waals surface area contributed by atoms with Crippen molar-refractivity contribution in [3.8, 4) is 23.0 Å². The average molecular weight is 500 g/mol. The van der Waals surface area contributed by atoms with E-state index in [9.17, 15) is 14.3 Å². The molecule has 190 valence electrons. The van der Waals surface area contributed by atoms with Crippen LogP contribution in [0.1, 0.15) is 13.8 Å². The molecule has 2 aromatic heterocycles. The van der Waals surface area contributed by atoms with Gasteiger partial charge >= 0.3 is 0 Å². The van der Waals surface area contributed by atoms with Gasteiger partial charge in [0.2, 0.25) is 11.7 Å². The fraction of sp³-hybridized carbons (Fsp3) is 0.304. The second-order valence-corrected chi connectivity index (χ2v) is 8.06. The van der Waals surface area contributed by atoms with E-state index < -0.39 is 18.1 Å². The number of anilines is 5. The zero-order valence-corrected chi connectivity index (χ0v) is 20.2. The summed E-state index contributed by atoms with van der Waals surface area (Å²) in [4.78, 5) is 25.9. The number of amides is 1. The lowest BCUT2D eigenvalue weighted by atomic mass is 10.1. The molecular weight excluding hydrogens is 475 g/mol. The number of aromatic nitrogens is 3. The number of ether oxygens (including phenoxy) is 4. The molecule has 0 atom stereocenters. The second kappa shape index (κ2) is 9.70. The normalized spacial score (nSPS) is 13.7. The van der Waals surface area contributed by atoms with Gasteiger partial charge in [0.25, 0.3) is 5.91 Å². The number of aliphatic hydroxyl groups excluding tert-OH is 1. The Morgan fingerprint density at radius 3 is 2.44 bits per heavy atom. The summed E-state index contributed by atoms with van der Waals surface area (Å²) in [5, 5.41) is 15.7. The molecule has 0 bridgehead atoms. The maximum atomic E-state index is 14.8. The highest BCUT2D eigenvalue weighted by atomic mass is 19.1. The van der Waals surface area contributed by atoms with Gasteiger partial charge in [-0.1, -0.05) is 0 Å². The van der Waals surface area contributed by atoms with Crippen molar-refractivity contribution >= 4 is 35.0 Å². The van der Waals surface area contributed by atoms with E-state index in [0.717, 1.165) is 11.1 Å². The largest absolute Gasteiger partial charge is 0.493 e. The third kappa shape index (κ3) is 4.60. The molecule has 1 aliphatic heterocycles. The molecule has 1 aromatic carbocycles. The number of methoxy groups -OCH3 is 3. The van der Waals surface area contributed by atoms with Crippen molar-refractivity contribution in [1.29, 1.82) is 0 Å². The maximum absolute atomic E-state index is 14.8. The molecule has 3 N–H and O–H groups in total. The highest BCUT2D eigenvalue weighted by molar-refractivity contribution is 5.99. The molecule has 3 heterocycles. The topological polar surface area (TPSA) is 140 Å². The van der Waals surface area contributed by atoms with E-state index in [1.165, 1.54) is 27.4 Å². The van der Waals surface area contributed by atoms with Gasteiger partial charge in [-0.25, -0.2) is 14.4 Å². The van der Waals surface area contributed by atoms with Crippen molar-refractivity contribution < 1.29 is 33.2 Å². The number of carbonyl (C=O) groups is 1. The van der Waals surface area contributed by atoms with Crippen molar-refractivity contribution in [2.24, 2.45) is 0 Å². The summed E-state index contributed by atoms with van der Waals surface area (Å²) < 4.78 is 36.5. The number of nitrogens with zero attached hydrogens (tertiary/aromatic N) is 4. The van der Waals surface area contributed by atoms with Crippen LogP contribution in [0, 0.1) is 5.82 Å². The number of hydrogen-bond acceptors (Lipinski definition) is 11. The number of halogens is 1. The standard InChI is InChI=1S/C23H25FN6O6/c1-23(2)21(32)28-19-14(36-23)6-7-17(27-19)30(11-31)20-13(24)10-25-22(29-20)26-12-8-15(33-3)18(35-5)16(9-12)34-4/h6-10,31H,11H2,1-5H3,(H,25,26,29)(H,27,28,32). The van der Waals surface area contributed by atoms with Gasteiger partial charge in [0.15, 0.2) is 40.3 Å². The average Bonchev–Trinajstić information content (AvgIpc) is 2.86. The molecule has 13 heteroatoms. The molecule has 12 nitrogen and oxygen atoms in total. The molecule has 3 aromatic rings. The number of pyridine rings is 1. The zero-order valence-electron chi connectivity index (χ0n) is 20.2. The first-order chi connectivity index (χ1) is 17.2. The third-order valence-corrected chi connectivity index (χ3v) is 5.31. The van der Waals surface area contributed by atoms with Gasteiger partial charge in [-0.05, 0) is 26.0 Å². The van der Waals surface area contributed by atoms with E-state index in [-0.39, 0.29) is 29.3 Å². The summed E-state index contributed by atoms with van der Waals surface area (Å²) >= 11 is 0. The maximum Gasteiger partial charge on any atom is 0.269 e. The molecule has 1 amide bonds. The van der Waals surface area contributed by atoms with Crippen LogP contribution in [-0.2, 0) is 4.79 Å². The summed E-state index contributed by atoms with van der Waals surface area (Å²) in [6.07, 6.45) is 0.955. The van der Waals surface area contributed by atoms with E-state index in [1.54, 1.807) is 32.0 Å². The van der Waals surface area contributed by atoms with Gasteiger partial charge in [-0.3, -0.25) is 9.69 Å². The van der Waals surface area contributed by atoms with E-state index in [2.05, 4.69) is 25.6 Å². The molecule has 4 rings (SSSR count). The minimum Gasteiger partial charge on any atom is -0.493 e. The summed E-state index contributed by atoms with van der Waals surface area (Å²) in [5.74, 6) is 0.365. The van der Waals surface area contributed by atoms with Crippen LogP contribution in [-0.4, -0.2) is 59.6 Å². The zero-order chi connectivity index (χ0) is 26.0. The predicted octanol–water partition coefficient (Wildman–Crippen LogP) is 2.98. The Kier molecular flexibility index (Phi) is 6.66. The number of carbonyl (C=O) groups excluding carboxylic acids is 1. The Labute approximate surface area is 206 Å². The minimum absolute atomic E-state index is 0.0236. The van der Waals surface area contributed by atoms with E-state index in [0.29, 0.717) is 28.7 Å². The lowest BCUT2D eigenvalue weighted by Crippen LogP contribution is -2.46. The van der Waals surface area contributed by atoms with E-state index in [1.807, 2.05) is 0 Å². The SMILES string of the molecule is COc1cc(Nc2ncc(F)c(N(CO)c3ccc4c(n3)NC(=O)C(C)(C)O4)n2)cc(OC)c1OC. The van der Waals surface area contributed by atoms with Gasteiger partial charge in [0.1, 0.15) is 12.5 Å². The van der Waals surface area contributed by atoms with Crippen molar-refractivity contribution in [2.45, 2.75) is 19.4 Å². The number of nitrogens with one attached hydrogen (secondary N) is 2. The molecule has 0 unspecified atom stereocenters. The van der Waals surface area contributed by atoms with Gasteiger partial charge < -0.3 is 34.7 Å². The Hall–Kier alpha value is -4.39. The lowest BCUT2D eigenvalue weighted by molar-refractivity contribution is -0.129. The first-order valence-electron chi connectivity index (χ1n) is 10.7. The molecule has 36 heavy (non-hydrogen) atoms. The summed E-state index contributed by atoms with van der Waals surface area (Å²) in [6.45, 7) is 2.58. The summed E-state index contributed by atoms with van der Waals surface area (Å²) in [5.41, 5.74) is -0.592. The van der Waals surface area contributed by atoms with E-state index in [4.69, 9.17) is 18.9 Å². The van der Waals surface area contributed by atoms with Gasteiger partial charge in [-0.15, -0.1) is 0 Å². The van der Waals surface area contributed by atoms with Crippen molar-refractivity contribution in [3.63, 3.8) is 0 Å². The molecule has 0 fully saturated rings. The molecule has 1 aliphatic rings. The predicted molar refractivity (Wildman–Crippen MR) is 128 cm³/mol. The van der Waals surface area contributed by atoms with Crippen LogP contribution in [0.15, 0.2) is 30.5 Å². The van der Waals surface area contributed by atoms with Crippen LogP contribution in [0.4, 0.5) is 33.5 Å². The van der Waals surface area contributed by atoms with Crippen LogP contribution < -0.4 is 34.5 Å². The van der Waals surface area contributed by atoms with Crippen LogP contribution in [0.3, 0.4) is 0 Å². The number of benzene rings is 1. The molecule has 0 saturated carbocycles. The van der Waals surface area contributed by atoms with Gasteiger partial charge in [0.05, 0.1) is 27.5 Å². The van der Waals surface area contributed by atoms with Crippen LogP contribution in [0.5, 0.6) is 23.0 Å². The van der Waals surface area contributed by atoms with Gasteiger partial charge in [-0.2, -0.15) is 4.98 Å². The summed E-state index contributed by atoms with van der Waals surface area (Å²) in [6, 6.07) is 6.34. The Morgan fingerprint density at radius 1 is 1.14 bits per heavy atom. The Morgan fingerprint density at radius 2 is 1.83 bits per heavy atom.